The maximum Gasteiger partial charge on any atom is 0.255 e. The molecule has 0 aromatic heterocycles. The fourth-order valence-corrected chi connectivity index (χ4v) is 3.20. The third kappa shape index (κ3) is 4.17. The molecule has 0 spiro atoms. The molecule has 26 heavy (non-hydrogen) atoms. The molecule has 1 aliphatic rings. The molecule has 1 heterocycles. The maximum absolute atomic E-state index is 12.5. The first-order valence-corrected chi connectivity index (χ1v) is 9.05. The number of amidine groups is 1. The number of nitrogens with one attached hydrogen (secondary N) is 2. The molecule has 6 heteroatoms. The van der Waals surface area contributed by atoms with E-state index in [2.05, 4.69) is 10.2 Å². The second-order valence-corrected chi connectivity index (χ2v) is 6.71. The molecule has 1 fully saturated rings. The summed E-state index contributed by atoms with van der Waals surface area (Å²) in [5, 5.41) is 11.7. The molecule has 1 amide bonds. The molecule has 1 aliphatic heterocycles. The predicted octanol–water partition coefficient (Wildman–Crippen LogP) is 4.41. The molecule has 0 aliphatic carbocycles. The Kier molecular flexibility index (Phi) is 5.78. The van der Waals surface area contributed by atoms with E-state index in [1.54, 1.807) is 30.3 Å². The van der Waals surface area contributed by atoms with Crippen molar-refractivity contribution in [3.63, 3.8) is 0 Å². The minimum atomic E-state index is -0.235. The number of anilines is 1. The van der Waals surface area contributed by atoms with Crippen molar-refractivity contribution in [3.8, 4) is 5.75 Å². The third-order valence-electron chi connectivity index (χ3n) is 4.50. The van der Waals surface area contributed by atoms with Crippen LogP contribution in [0.5, 0.6) is 5.75 Å². The summed E-state index contributed by atoms with van der Waals surface area (Å²) in [4.78, 5) is 14.6. The van der Waals surface area contributed by atoms with E-state index in [9.17, 15) is 4.79 Å². The Morgan fingerprint density at radius 2 is 1.73 bits per heavy atom. The molecule has 0 bridgehead atoms. The number of halogens is 1. The molecule has 0 saturated carbocycles. The van der Waals surface area contributed by atoms with Gasteiger partial charge in [-0.25, -0.2) is 0 Å². The summed E-state index contributed by atoms with van der Waals surface area (Å²) >= 11 is 5.94. The number of carbonyl (C=O) groups is 1. The summed E-state index contributed by atoms with van der Waals surface area (Å²) in [6.45, 7) is 1.86. The number of hydrogen-bond acceptors (Lipinski definition) is 3. The van der Waals surface area contributed by atoms with Crippen molar-refractivity contribution in [1.82, 2.24) is 4.90 Å². The molecule has 5 nitrogen and oxygen atoms in total. The van der Waals surface area contributed by atoms with Crippen LogP contribution in [0.1, 0.15) is 35.2 Å². The van der Waals surface area contributed by atoms with Crippen LogP contribution in [-0.2, 0) is 0 Å². The second-order valence-electron chi connectivity index (χ2n) is 6.27. The number of likely N-dealkylation sites (tertiary alicyclic amines) is 1. The number of rotatable bonds is 4. The summed E-state index contributed by atoms with van der Waals surface area (Å²) in [7, 11) is 1.53. The van der Waals surface area contributed by atoms with Crippen molar-refractivity contribution in [2.45, 2.75) is 19.3 Å². The first-order chi connectivity index (χ1) is 12.6. The maximum atomic E-state index is 12.5. The van der Waals surface area contributed by atoms with Gasteiger partial charge in [0.25, 0.3) is 5.91 Å². The van der Waals surface area contributed by atoms with E-state index in [0.717, 1.165) is 31.5 Å². The summed E-state index contributed by atoms with van der Waals surface area (Å²) in [6, 6.07) is 12.2. The predicted molar refractivity (Wildman–Crippen MR) is 105 cm³/mol. The minimum Gasteiger partial charge on any atom is -0.495 e. The number of ether oxygens (including phenoxy) is 1. The van der Waals surface area contributed by atoms with Crippen LogP contribution < -0.4 is 10.1 Å². The minimum absolute atomic E-state index is 0.235. The second kappa shape index (κ2) is 8.23. The molecule has 2 N–H and O–H groups in total. The lowest BCUT2D eigenvalue weighted by atomic mass is 10.1. The molecule has 136 valence electrons. The van der Waals surface area contributed by atoms with Crippen molar-refractivity contribution in [1.29, 1.82) is 5.41 Å². The standard InChI is InChI=1S/C20H22ClN3O2/c1-26-18-13-16(21)9-10-17(18)23-20(25)15-7-5-14(6-8-15)19(22)24-11-3-2-4-12-24/h5-10,13,22H,2-4,11-12H2,1H3,(H,23,25). The lowest BCUT2D eigenvalue weighted by molar-refractivity contribution is 0.102. The first-order valence-electron chi connectivity index (χ1n) is 8.67. The van der Waals surface area contributed by atoms with E-state index >= 15 is 0 Å². The zero-order valence-corrected chi connectivity index (χ0v) is 15.5. The highest BCUT2D eigenvalue weighted by Crippen LogP contribution is 2.28. The van der Waals surface area contributed by atoms with Gasteiger partial charge in [-0.05, 0) is 43.5 Å². The van der Waals surface area contributed by atoms with Gasteiger partial charge in [-0.3, -0.25) is 10.2 Å². The van der Waals surface area contributed by atoms with Gasteiger partial charge < -0.3 is 15.0 Å². The molecule has 0 unspecified atom stereocenters. The zero-order valence-electron chi connectivity index (χ0n) is 14.7. The summed E-state index contributed by atoms with van der Waals surface area (Å²) in [5.74, 6) is 0.798. The van der Waals surface area contributed by atoms with E-state index in [4.69, 9.17) is 21.7 Å². The van der Waals surface area contributed by atoms with Gasteiger partial charge in [-0.2, -0.15) is 0 Å². The van der Waals surface area contributed by atoms with Crippen LogP contribution in [0.3, 0.4) is 0 Å². The van der Waals surface area contributed by atoms with Crippen LogP contribution in [0.25, 0.3) is 0 Å². The fraction of sp³-hybridized carbons (Fsp3) is 0.300. The summed E-state index contributed by atoms with van der Waals surface area (Å²) in [5.41, 5.74) is 1.91. The average molecular weight is 372 g/mol. The number of methoxy groups -OCH3 is 1. The van der Waals surface area contributed by atoms with Gasteiger partial charge in [0.2, 0.25) is 0 Å². The van der Waals surface area contributed by atoms with Crippen molar-refractivity contribution in [2.75, 3.05) is 25.5 Å². The zero-order chi connectivity index (χ0) is 18.5. The van der Waals surface area contributed by atoms with E-state index in [1.807, 2.05) is 12.1 Å². The Bertz CT molecular complexity index is 799. The number of carbonyl (C=O) groups excluding carboxylic acids is 1. The molecule has 3 rings (SSSR count). The number of nitrogens with zero attached hydrogens (tertiary/aromatic N) is 1. The SMILES string of the molecule is COc1cc(Cl)ccc1NC(=O)c1ccc(C(=N)N2CCCCC2)cc1. The van der Waals surface area contributed by atoms with E-state index in [1.165, 1.54) is 13.5 Å². The fourth-order valence-electron chi connectivity index (χ4n) is 3.04. The van der Waals surface area contributed by atoms with Gasteiger partial charge in [0, 0.05) is 35.3 Å². The molecule has 0 radical (unpaired) electrons. The van der Waals surface area contributed by atoms with Crippen molar-refractivity contribution < 1.29 is 9.53 Å². The van der Waals surface area contributed by atoms with Crippen LogP contribution in [0.4, 0.5) is 5.69 Å². The van der Waals surface area contributed by atoms with Crippen LogP contribution in [-0.4, -0.2) is 36.8 Å². The first kappa shape index (κ1) is 18.3. The number of benzene rings is 2. The molecule has 1 saturated heterocycles. The quantitative estimate of drug-likeness (QED) is 0.618. The highest BCUT2D eigenvalue weighted by molar-refractivity contribution is 6.30. The Labute approximate surface area is 158 Å². The van der Waals surface area contributed by atoms with Crippen molar-refractivity contribution in [3.05, 3.63) is 58.6 Å². The van der Waals surface area contributed by atoms with Crippen molar-refractivity contribution in [2.24, 2.45) is 0 Å². The molecular weight excluding hydrogens is 350 g/mol. The average Bonchev–Trinajstić information content (AvgIpc) is 2.69. The van der Waals surface area contributed by atoms with Crippen molar-refractivity contribution >= 4 is 29.0 Å². The van der Waals surface area contributed by atoms with Crippen LogP contribution in [0.2, 0.25) is 5.02 Å². The van der Waals surface area contributed by atoms with Gasteiger partial charge in [-0.15, -0.1) is 0 Å². The highest BCUT2D eigenvalue weighted by Gasteiger charge is 2.16. The molecule has 2 aromatic carbocycles. The number of amides is 1. The molecule has 2 aromatic rings. The smallest absolute Gasteiger partial charge is 0.255 e. The van der Waals surface area contributed by atoms with Crippen LogP contribution in [0.15, 0.2) is 42.5 Å². The number of hydrogen-bond donors (Lipinski definition) is 2. The summed E-state index contributed by atoms with van der Waals surface area (Å²) in [6.07, 6.45) is 3.49. The van der Waals surface area contributed by atoms with E-state index < -0.39 is 0 Å². The van der Waals surface area contributed by atoms with Gasteiger partial charge in [0.05, 0.1) is 12.8 Å². The normalized spacial score (nSPS) is 14.0. The van der Waals surface area contributed by atoms with E-state index in [0.29, 0.717) is 27.9 Å². The van der Waals surface area contributed by atoms with Gasteiger partial charge in [0.1, 0.15) is 11.6 Å². The summed E-state index contributed by atoms with van der Waals surface area (Å²) < 4.78 is 5.25. The van der Waals surface area contributed by atoms with Gasteiger partial charge >= 0.3 is 0 Å². The Morgan fingerprint density at radius 1 is 1.08 bits per heavy atom. The Morgan fingerprint density at radius 3 is 2.38 bits per heavy atom. The van der Waals surface area contributed by atoms with Crippen LogP contribution >= 0.6 is 11.6 Å². The molecular formula is C20H22ClN3O2. The highest BCUT2D eigenvalue weighted by atomic mass is 35.5. The lowest BCUT2D eigenvalue weighted by Crippen LogP contribution is -2.35. The van der Waals surface area contributed by atoms with Gasteiger partial charge in [-0.1, -0.05) is 23.7 Å². The monoisotopic (exact) mass is 371 g/mol. The van der Waals surface area contributed by atoms with E-state index in [-0.39, 0.29) is 5.91 Å². The Hall–Kier alpha value is -2.53. The van der Waals surface area contributed by atoms with Gasteiger partial charge in [0.15, 0.2) is 0 Å². The topological polar surface area (TPSA) is 65.4 Å². The van der Waals surface area contributed by atoms with Crippen LogP contribution in [0, 0.1) is 5.41 Å². The molecule has 0 atom stereocenters. The largest absolute Gasteiger partial charge is 0.495 e. The lowest BCUT2D eigenvalue weighted by Gasteiger charge is -2.29. The third-order valence-corrected chi connectivity index (χ3v) is 4.74. The number of piperidine rings is 1. The Balaban J connectivity index is 1.70.